The number of piperidine rings is 1. The molecular weight excluding hydrogens is 318 g/mol. The third-order valence-corrected chi connectivity index (χ3v) is 4.21. The molecule has 1 heterocycles. The van der Waals surface area contributed by atoms with Crippen molar-refractivity contribution in [2.24, 2.45) is 0 Å². The summed E-state index contributed by atoms with van der Waals surface area (Å²) < 4.78 is 0. The van der Waals surface area contributed by atoms with E-state index in [4.69, 9.17) is 0 Å². The van der Waals surface area contributed by atoms with Gasteiger partial charge in [0.2, 0.25) is 0 Å². The number of halogens is 1. The molecule has 1 saturated heterocycles. The van der Waals surface area contributed by atoms with Gasteiger partial charge in [-0.1, -0.05) is 13.0 Å². The van der Waals surface area contributed by atoms with Crippen LogP contribution in [0.1, 0.15) is 42.1 Å². The second-order valence-corrected chi connectivity index (χ2v) is 5.69. The molecule has 1 aromatic carbocycles. The maximum Gasteiger partial charge on any atom is 0.273 e. The molecule has 23 heavy (non-hydrogen) atoms. The highest BCUT2D eigenvalue weighted by Gasteiger charge is 2.28. The second-order valence-electron chi connectivity index (χ2n) is 5.69. The van der Waals surface area contributed by atoms with E-state index < -0.39 is 4.92 Å². The average Bonchev–Trinajstić information content (AvgIpc) is 2.52. The first-order chi connectivity index (χ1) is 10.6. The smallest absolute Gasteiger partial charge is 0.273 e. The van der Waals surface area contributed by atoms with Crippen LogP contribution >= 0.6 is 12.4 Å². The second kappa shape index (κ2) is 8.84. The highest BCUT2D eigenvalue weighted by molar-refractivity contribution is 5.96. The first kappa shape index (κ1) is 19.4. The van der Waals surface area contributed by atoms with Crippen molar-refractivity contribution in [2.45, 2.75) is 39.2 Å². The fraction of sp³-hybridized carbons (Fsp3) is 0.562. The van der Waals surface area contributed by atoms with Gasteiger partial charge in [-0.3, -0.25) is 14.9 Å². The normalized spacial score (nSPS) is 14.9. The highest BCUT2D eigenvalue weighted by Crippen LogP contribution is 2.24. The number of amides is 1. The lowest BCUT2D eigenvalue weighted by molar-refractivity contribution is -0.385. The highest BCUT2D eigenvalue weighted by atomic mass is 35.5. The SMILES string of the molecule is CCCN(C(=O)c1cccc([N+](=O)[O-])c1C)C1CCNCC1.Cl. The zero-order valence-corrected chi connectivity index (χ0v) is 14.4. The van der Waals surface area contributed by atoms with Gasteiger partial charge in [-0.25, -0.2) is 0 Å². The molecule has 0 aliphatic carbocycles. The summed E-state index contributed by atoms with van der Waals surface area (Å²) in [5, 5.41) is 14.4. The van der Waals surface area contributed by atoms with Gasteiger partial charge in [0.25, 0.3) is 11.6 Å². The van der Waals surface area contributed by atoms with Crippen LogP contribution in [0.5, 0.6) is 0 Å². The van der Waals surface area contributed by atoms with Crippen LogP contribution in [0.25, 0.3) is 0 Å². The third-order valence-electron chi connectivity index (χ3n) is 4.21. The zero-order valence-electron chi connectivity index (χ0n) is 13.6. The van der Waals surface area contributed by atoms with Crippen LogP contribution in [0.4, 0.5) is 5.69 Å². The fourth-order valence-electron chi connectivity index (χ4n) is 3.02. The molecule has 0 aromatic heterocycles. The van der Waals surface area contributed by atoms with Crippen LogP contribution < -0.4 is 5.32 Å². The van der Waals surface area contributed by atoms with Crippen LogP contribution in [0, 0.1) is 17.0 Å². The molecule has 0 atom stereocenters. The van der Waals surface area contributed by atoms with E-state index in [1.807, 2.05) is 11.8 Å². The Balaban J connectivity index is 0.00000264. The Morgan fingerprint density at radius 3 is 2.61 bits per heavy atom. The third kappa shape index (κ3) is 4.42. The van der Waals surface area contributed by atoms with Crippen LogP contribution in [0.2, 0.25) is 0 Å². The van der Waals surface area contributed by atoms with Crippen LogP contribution in [-0.2, 0) is 0 Å². The minimum atomic E-state index is -0.430. The van der Waals surface area contributed by atoms with Gasteiger partial charge in [0, 0.05) is 29.8 Å². The largest absolute Gasteiger partial charge is 0.336 e. The van der Waals surface area contributed by atoms with Crippen molar-refractivity contribution in [1.82, 2.24) is 10.2 Å². The summed E-state index contributed by atoms with van der Waals surface area (Å²) >= 11 is 0. The van der Waals surface area contributed by atoms with Gasteiger partial charge in [0.15, 0.2) is 0 Å². The number of carbonyl (C=O) groups is 1. The molecule has 0 spiro atoms. The standard InChI is InChI=1S/C16H23N3O3.ClH/c1-3-11-18(13-7-9-17-10-8-13)16(20)14-5-4-6-15(12(14)2)19(21)22;/h4-6,13,17H,3,7-11H2,1-2H3;1H. The van der Waals surface area contributed by atoms with Crippen molar-refractivity contribution < 1.29 is 9.72 Å². The molecular formula is C16H24ClN3O3. The van der Waals surface area contributed by atoms with E-state index in [-0.39, 0.29) is 30.0 Å². The van der Waals surface area contributed by atoms with E-state index in [0.717, 1.165) is 32.4 Å². The maximum atomic E-state index is 12.9. The van der Waals surface area contributed by atoms with Crippen molar-refractivity contribution in [3.05, 3.63) is 39.4 Å². The molecule has 1 aliphatic rings. The zero-order chi connectivity index (χ0) is 16.1. The topological polar surface area (TPSA) is 75.5 Å². The van der Waals surface area contributed by atoms with Gasteiger partial charge in [0.1, 0.15) is 0 Å². The summed E-state index contributed by atoms with van der Waals surface area (Å²) in [6.45, 7) is 6.20. The molecule has 6 nitrogen and oxygen atoms in total. The molecule has 128 valence electrons. The Kier molecular flexibility index (Phi) is 7.45. The Labute approximate surface area is 142 Å². The molecule has 1 amide bonds. The van der Waals surface area contributed by atoms with Crippen LogP contribution in [0.3, 0.4) is 0 Å². The van der Waals surface area contributed by atoms with Crippen molar-refractivity contribution in [2.75, 3.05) is 19.6 Å². The number of nitrogens with one attached hydrogen (secondary N) is 1. The Hall–Kier alpha value is -1.66. The number of nitro groups is 1. The molecule has 1 fully saturated rings. The van der Waals surface area contributed by atoms with Gasteiger partial charge in [-0.05, 0) is 45.3 Å². The van der Waals surface area contributed by atoms with Crippen LogP contribution in [-0.4, -0.2) is 41.4 Å². The Bertz CT molecular complexity index is 560. The number of nitro benzene ring substituents is 1. The monoisotopic (exact) mass is 341 g/mol. The lowest BCUT2D eigenvalue weighted by atomic mass is 10.0. The van der Waals surface area contributed by atoms with E-state index in [9.17, 15) is 14.9 Å². The summed E-state index contributed by atoms with van der Waals surface area (Å²) in [5.41, 5.74) is 0.904. The van der Waals surface area contributed by atoms with Crippen molar-refractivity contribution in [1.29, 1.82) is 0 Å². The molecule has 1 aliphatic heterocycles. The first-order valence-electron chi connectivity index (χ1n) is 7.82. The maximum absolute atomic E-state index is 12.9. The Morgan fingerprint density at radius 1 is 1.39 bits per heavy atom. The van der Waals surface area contributed by atoms with Crippen molar-refractivity contribution in [3.8, 4) is 0 Å². The van der Waals surface area contributed by atoms with E-state index in [1.54, 1.807) is 19.1 Å². The molecule has 2 rings (SSSR count). The van der Waals surface area contributed by atoms with Crippen molar-refractivity contribution >= 4 is 24.0 Å². The van der Waals surface area contributed by atoms with Crippen LogP contribution in [0.15, 0.2) is 18.2 Å². The molecule has 7 heteroatoms. The molecule has 0 unspecified atom stereocenters. The predicted molar refractivity (Wildman–Crippen MR) is 92.3 cm³/mol. The molecule has 0 bridgehead atoms. The van der Waals surface area contributed by atoms with E-state index in [0.29, 0.717) is 17.7 Å². The number of rotatable bonds is 5. The molecule has 1 aromatic rings. The quantitative estimate of drug-likeness (QED) is 0.660. The molecule has 0 saturated carbocycles. The summed E-state index contributed by atoms with van der Waals surface area (Å²) in [6.07, 6.45) is 2.74. The number of carbonyl (C=O) groups excluding carboxylic acids is 1. The number of hydrogen-bond donors (Lipinski definition) is 1. The number of hydrogen-bond acceptors (Lipinski definition) is 4. The molecule has 0 radical (unpaired) electrons. The van der Waals surface area contributed by atoms with Gasteiger partial charge in [0.05, 0.1) is 4.92 Å². The lowest BCUT2D eigenvalue weighted by Gasteiger charge is -2.35. The Morgan fingerprint density at radius 2 is 2.04 bits per heavy atom. The number of benzene rings is 1. The summed E-state index contributed by atoms with van der Waals surface area (Å²) in [7, 11) is 0. The van der Waals surface area contributed by atoms with E-state index in [1.165, 1.54) is 6.07 Å². The van der Waals surface area contributed by atoms with Crippen molar-refractivity contribution in [3.63, 3.8) is 0 Å². The van der Waals surface area contributed by atoms with Gasteiger partial charge in [-0.2, -0.15) is 0 Å². The summed E-state index contributed by atoms with van der Waals surface area (Å²) in [5.74, 6) is -0.0880. The summed E-state index contributed by atoms with van der Waals surface area (Å²) in [4.78, 5) is 25.4. The summed E-state index contributed by atoms with van der Waals surface area (Å²) in [6, 6.07) is 4.94. The minimum Gasteiger partial charge on any atom is -0.336 e. The number of nitrogens with zero attached hydrogens (tertiary/aromatic N) is 2. The van der Waals surface area contributed by atoms with Gasteiger partial charge < -0.3 is 10.2 Å². The van der Waals surface area contributed by atoms with Gasteiger partial charge in [-0.15, -0.1) is 12.4 Å². The van der Waals surface area contributed by atoms with Gasteiger partial charge >= 0.3 is 0 Å². The first-order valence-corrected chi connectivity index (χ1v) is 7.82. The fourth-order valence-corrected chi connectivity index (χ4v) is 3.02. The van der Waals surface area contributed by atoms with E-state index >= 15 is 0 Å². The van der Waals surface area contributed by atoms with E-state index in [2.05, 4.69) is 5.32 Å². The lowest BCUT2D eigenvalue weighted by Crippen LogP contribution is -2.46. The minimum absolute atomic E-state index is 0. The predicted octanol–water partition coefficient (Wildman–Crippen LogP) is 2.93. The molecule has 1 N–H and O–H groups in total. The average molecular weight is 342 g/mol.